The average Bonchev–Trinajstić information content (AvgIpc) is 2.53. The van der Waals surface area contributed by atoms with Crippen molar-refractivity contribution in [2.75, 3.05) is 13.7 Å². The molecule has 1 fully saturated rings. The smallest absolute Gasteiger partial charge is 0.254 e. The van der Waals surface area contributed by atoms with Gasteiger partial charge in [-0.15, -0.1) is 0 Å². The molecule has 1 saturated heterocycles. The van der Waals surface area contributed by atoms with Gasteiger partial charge in [-0.3, -0.25) is 9.59 Å². The molecule has 112 valence electrons. The molecule has 0 aliphatic carbocycles. The van der Waals surface area contributed by atoms with Gasteiger partial charge in [0.25, 0.3) is 5.91 Å². The van der Waals surface area contributed by atoms with Crippen LogP contribution in [0.15, 0.2) is 26.7 Å². The molecule has 1 aliphatic rings. The van der Waals surface area contributed by atoms with Crippen molar-refractivity contribution >= 4 is 65.6 Å². The van der Waals surface area contributed by atoms with Gasteiger partial charge in [-0.2, -0.15) is 0 Å². The highest BCUT2D eigenvalue weighted by atomic mass is 79.9. The van der Waals surface area contributed by atoms with Crippen molar-refractivity contribution in [3.8, 4) is 5.75 Å². The molecule has 4 nitrogen and oxygen atoms in total. The minimum absolute atomic E-state index is 0.151. The summed E-state index contributed by atoms with van der Waals surface area (Å²) in [5.74, 6) is 0.116. The Hall–Kier alpha value is -0.660. The maximum absolute atomic E-state index is 12.2. The van der Waals surface area contributed by atoms with Crippen molar-refractivity contribution in [2.24, 2.45) is 0 Å². The van der Waals surface area contributed by atoms with Crippen LogP contribution in [0.3, 0.4) is 0 Å². The molecule has 7 heteroatoms. The van der Waals surface area contributed by atoms with E-state index in [9.17, 15) is 9.59 Å². The summed E-state index contributed by atoms with van der Waals surface area (Å²) < 4.78 is 6.71. The minimum Gasteiger partial charge on any atom is -0.494 e. The van der Waals surface area contributed by atoms with E-state index in [1.54, 1.807) is 25.3 Å². The van der Waals surface area contributed by atoms with Gasteiger partial charge >= 0.3 is 0 Å². The van der Waals surface area contributed by atoms with Crippen LogP contribution < -0.4 is 10.1 Å². The zero-order chi connectivity index (χ0) is 15.6. The zero-order valence-electron chi connectivity index (χ0n) is 11.1. The molecule has 2 rings (SSSR count). The van der Waals surface area contributed by atoms with Crippen LogP contribution in [0.4, 0.5) is 0 Å². The van der Waals surface area contributed by atoms with Crippen molar-refractivity contribution in [1.29, 1.82) is 0 Å². The first-order valence-electron chi connectivity index (χ1n) is 6.15. The molecule has 1 aliphatic heterocycles. The van der Waals surface area contributed by atoms with Gasteiger partial charge < -0.3 is 10.1 Å². The number of carbonyl (C=O) groups is 2. The fourth-order valence-corrected chi connectivity index (χ4v) is 4.00. The lowest BCUT2D eigenvalue weighted by atomic mass is 10.0. The first kappa shape index (κ1) is 16.7. The van der Waals surface area contributed by atoms with Crippen LogP contribution in [0, 0.1) is 0 Å². The summed E-state index contributed by atoms with van der Waals surface area (Å²) in [7, 11) is 1.57. The van der Waals surface area contributed by atoms with Gasteiger partial charge in [-0.1, -0.05) is 15.9 Å². The highest BCUT2D eigenvalue weighted by Crippen LogP contribution is 2.35. The van der Waals surface area contributed by atoms with E-state index >= 15 is 0 Å². The van der Waals surface area contributed by atoms with Crippen LogP contribution in [-0.2, 0) is 9.59 Å². The number of alkyl halides is 1. The predicted octanol–water partition coefficient (Wildman–Crippen LogP) is 3.46. The second-order valence-corrected chi connectivity index (χ2v) is 7.27. The van der Waals surface area contributed by atoms with Gasteiger partial charge in [0.1, 0.15) is 5.75 Å². The molecule has 1 N–H and O–H groups in total. The number of benzene rings is 1. The Labute approximate surface area is 147 Å². The van der Waals surface area contributed by atoms with Gasteiger partial charge in [0.2, 0.25) is 0 Å². The maximum Gasteiger partial charge on any atom is 0.254 e. The predicted molar refractivity (Wildman–Crippen MR) is 91.7 cm³/mol. The van der Waals surface area contributed by atoms with Crippen molar-refractivity contribution in [3.63, 3.8) is 0 Å². The molecule has 1 unspecified atom stereocenters. The Morgan fingerprint density at radius 2 is 1.90 bits per heavy atom. The lowest BCUT2D eigenvalue weighted by molar-refractivity contribution is -0.121. The highest BCUT2D eigenvalue weighted by molar-refractivity contribution is 9.11. The van der Waals surface area contributed by atoms with Crippen LogP contribution in [0.25, 0.3) is 6.08 Å². The first-order valence-corrected chi connectivity index (χ1v) is 8.65. The van der Waals surface area contributed by atoms with Crippen LogP contribution in [-0.4, -0.2) is 30.2 Å². The van der Waals surface area contributed by atoms with E-state index in [1.165, 1.54) is 0 Å². The van der Waals surface area contributed by atoms with Crippen molar-refractivity contribution in [3.05, 3.63) is 32.2 Å². The number of ketones is 1. The Morgan fingerprint density at radius 1 is 1.29 bits per heavy atom. The molecule has 1 amide bonds. The van der Waals surface area contributed by atoms with Gasteiger partial charge in [-0.05, 0) is 62.1 Å². The average molecular weight is 482 g/mol. The highest BCUT2D eigenvalue weighted by Gasteiger charge is 2.27. The van der Waals surface area contributed by atoms with E-state index in [4.69, 9.17) is 4.74 Å². The van der Waals surface area contributed by atoms with Crippen molar-refractivity contribution in [2.45, 2.75) is 11.2 Å². The number of ether oxygens (including phenoxy) is 1. The van der Waals surface area contributed by atoms with E-state index in [2.05, 4.69) is 53.1 Å². The molecule has 1 atom stereocenters. The van der Waals surface area contributed by atoms with Gasteiger partial charge in [0.05, 0.1) is 26.5 Å². The number of nitrogens with one attached hydrogen (secondary N) is 1. The zero-order valence-corrected chi connectivity index (χ0v) is 15.8. The summed E-state index contributed by atoms with van der Waals surface area (Å²) in [6, 6.07) is 3.59. The molecule has 1 heterocycles. The molecule has 0 aromatic heterocycles. The van der Waals surface area contributed by atoms with E-state index in [0.717, 1.165) is 14.5 Å². The van der Waals surface area contributed by atoms with E-state index in [-0.39, 0.29) is 22.1 Å². The molecule has 0 spiro atoms. The van der Waals surface area contributed by atoms with Crippen LogP contribution in [0.2, 0.25) is 0 Å². The summed E-state index contributed by atoms with van der Waals surface area (Å²) in [5, 5.41) is 2.72. The second-order valence-electron chi connectivity index (χ2n) is 4.45. The van der Waals surface area contributed by atoms with E-state index in [0.29, 0.717) is 18.7 Å². The quantitative estimate of drug-likeness (QED) is 0.400. The SMILES string of the molecule is COc1c(Br)cc(/C=C2/C(=O)NCCC(Br)C2=O)cc1Br. The Kier molecular flexibility index (Phi) is 5.62. The third kappa shape index (κ3) is 3.76. The standard InChI is InChI=1S/C14H12Br3NO3/c1-21-13-10(16)5-7(6-11(13)17)4-8-12(19)9(15)2-3-18-14(8)20/h4-6,9H,2-3H2,1H3,(H,18,20)/b8-4+. The Balaban J connectivity index is 2.46. The van der Waals surface area contributed by atoms with Crippen LogP contribution in [0.5, 0.6) is 5.75 Å². The second kappa shape index (κ2) is 7.07. The molecule has 21 heavy (non-hydrogen) atoms. The maximum atomic E-state index is 12.2. The fourth-order valence-electron chi connectivity index (χ4n) is 1.98. The Bertz CT molecular complexity index is 605. The number of Topliss-reactive ketones (excluding diaryl/α,β-unsaturated/α-hetero) is 1. The molecule has 0 saturated carbocycles. The Morgan fingerprint density at radius 3 is 2.48 bits per heavy atom. The monoisotopic (exact) mass is 479 g/mol. The first-order chi connectivity index (χ1) is 9.93. The summed E-state index contributed by atoms with van der Waals surface area (Å²) >= 11 is 10.1. The number of methoxy groups -OCH3 is 1. The third-order valence-electron chi connectivity index (χ3n) is 3.01. The largest absolute Gasteiger partial charge is 0.494 e. The topological polar surface area (TPSA) is 55.4 Å². The summed E-state index contributed by atoms with van der Waals surface area (Å²) in [6.45, 7) is 0.480. The number of amides is 1. The minimum atomic E-state index is -0.343. The summed E-state index contributed by atoms with van der Waals surface area (Å²) in [5.41, 5.74) is 0.882. The molecule has 1 aromatic rings. The van der Waals surface area contributed by atoms with Crippen molar-refractivity contribution in [1.82, 2.24) is 5.32 Å². The number of carbonyl (C=O) groups excluding carboxylic acids is 2. The number of halogens is 3. The molecular weight excluding hydrogens is 470 g/mol. The molecule has 1 aromatic carbocycles. The van der Waals surface area contributed by atoms with E-state index in [1.807, 2.05) is 0 Å². The number of hydrogen-bond acceptors (Lipinski definition) is 3. The van der Waals surface area contributed by atoms with Crippen LogP contribution in [0.1, 0.15) is 12.0 Å². The lowest BCUT2D eigenvalue weighted by Crippen LogP contribution is -2.25. The third-order valence-corrected chi connectivity index (χ3v) is 5.07. The van der Waals surface area contributed by atoms with Gasteiger partial charge in [0, 0.05) is 6.54 Å². The normalized spacial score (nSPS) is 21.1. The molecule has 0 radical (unpaired) electrons. The number of hydrogen-bond donors (Lipinski definition) is 1. The lowest BCUT2D eigenvalue weighted by Gasteiger charge is -2.09. The van der Waals surface area contributed by atoms with Crippen LogP contribution >= 0.6 is 47.8 Å². The van der Waals surface area contributed by atoms with Gasteiger partial charge in [-0.25, -0.2) is 0 Å². The molecular formula is C14H12Br3NO3. The number of rotatable bonds is 2. The van der Waals surface area contributed by atoms with Crippen molar-refractivity contribution < 1.29 is 14.3 Å². The summed E-state index contributed by atoms with van der Waals surface area (Å²) in [6.07, 6.45) is 2.17. The fraction of sp³-hybridized carbons (Fsp3) is 0.286. The van der Waals surface area contributed by atoms with Gasteiger partial charge in [0.15, 0.2) is 5.78 Å². The summed E-state index contributed by atoms with van der Waals surface area (Å²) in [4.78, 5) is 23.9. The van der Waals surface area contributed by atoms with E-state index < -0.39 is 0 Å². The molecule has 0 bridgehead atoms.